The Bertz CT molecular complexity index is 793. The zero-order valence-corrected chi connectivity index (χ0v) is 15.1. The van der Waals surface area contributed by atoms with Gasteiger partial charge < -0.3 is 20.3 Å². The maximum atomic E-state index is 13.0. The summed E-state index contributed by atoms with van der Waals surface area (Å²) in [4.78, 5) is 25.8. The summed E-state index contributed by atoms with van der Waals surface area (Å²) in [6.45, 7) is 0.858. The minimum Gasteiger partial charge on any atom is -0.497 e. The lowest BCUT2D eigenvalue weighted by Crippen LogP contribution is -2.43. The molecule has 27 heavy (non-hydrogen) atoms. The number of amides is 3. The molecule has 1 fully saturated rings. The predicted molar refractivity (Wildman–Crippen MR) is 100 cm³/mol. The van der Waals surface area contributed by atoms with E-state index >= 15 is 0 Å². The van der Waals surface area contributed by atoms with Crippen molar-refractivity contribution in [2.45, 2.75) is 18.9 Å². The van der Waals surface area contributed by atoms with Gasteiger partial charge in [0, 0.05) is 25.2 Å². The SMILES string of the molecule is COc1ccc(CCNC(=O)N[C@@H]2CC(=O)N(c3ccc(F)cc3)C2)cc1. The highest BCUT2D eigenvalue weighted by Crippen LogP contribution is 2.21. The van der Waals surface area contributed by atoms with E-state index in [4.69, 9.17) is 4.74 Å². The Kier molecular flexibility index (Phi) is 5.90. The Labute approximate surface area is 157 Å². The maximum Gasteiger partial charge on any atom is 0.315 e. The molecule has 1 saturated heterocycles. The number of ether oxygens (including phenoxy) is 1. The minimum atomic E-state index is -0.351. The molecule has 2 N–H and O–H groups in total. The highest BCUT2D eigenvalue weighted by atomic mass is 19.1. The Hall–Kier alpha value is -3.09. The summed E-state index contributed by atoms with van der Waals surface area (Å²) in [5.74, 6) is 0.350. The van der Waals surface area contributed by atoms with Crippen LogP contribution in [0.2, 0.25) is 0 Å². The highest BCUT2D eigenvalue weighted by molar-refractivity contribution is 5.96. The third kappa shape index (κ3) is 4.97. The van der Waals surface area contributed by atoms with Crippen molar-refractivity contribution in [3.63, 3.8) is 0 Å². The van der Waals surface area contributed by atoms with Gasteiger partial charge >= 0.3 is 6.03 Å². The van der Waals surface area contributed by atoms with Gasteiger partial charge in [0.25, 0.3) is 0 Å². The number of urea groups is 1. The fourth-order valence-corrected chi connectivity index (χ4v) is 3.02. The summed E-state index contributed by atoms with van der Waals surface area (Å²) >= 11 is 0. The summed E-state index contributed by atoms with van der Waals surface area (Å²) < 4.78 is 18.1. The molecule has 3 rings (SSSR count). The van der Waals surface area contributed by atoms with Crippen molar-refractivity contribution in [3.05, 3.63) is 59.9 Å². The molecule has 0 spiro atoms. The molecule has 2 aromatic carbocycles. The zero-order chi connectivity index (χ0) is 19.2. The van der Waals surface area contributed by atoms with Gasteiger partial charge in [-0.2, -0.15) is 0 Å². The number of anilines is 1. The van der Waals surface area contributed by atoms with Gasteiger partial charge in [-0.25, -0.2) is 9.18 Å². The van der Waals surface area contributed by atoms with Crippen LogP contribution in [0.15, 0.2) is 48.5 Å². The van der Waals surface area contributed by atoms with Crippen molar-refractivity contribution in [2.24, 2.45) is 0 Å². The van der Waals surface area contributed by atoms with Gasteiger partial charge in [-0.15, -0.1) is 0 Å². The van der Waals surface area contributed by atoms with E-state index in [2.05, 4.69) is 10.6 Å². The molecular weight excluding hydrogens is 349 g/mol. The van der Waals surface area contributed by atoms with Gasteiger partial charge in [-0.1, -0.05) is 12.1 Å². The molecule has 0 saturated carbocycles. The molecule has 2 aromatic rings. The van der Waals surface area contributed by atoms with E-state index in [9.17, 15) is 14.0 Å². The molecule has 0 unspecified atom stereocenters. The number of rotatable bonds is 6. The molecule has 1 aliphatic rings. The quantitative estimate of drug-likeness (QED) is 0.820. The van der Waals surface area contributed by atoms with Crippen molar-refractivity contribution in [1.82, 2.24) is 10.6 Å². The largest absolute Gasteiger partial charge is 0.497 e. The summed E-state index contributed by atoms with van der Waals surface area (Å²) in [5.41, 5.74) is 1.72. The summed E-state index contributed by atoms with van der Waals surface area (Å²) in [6.07, 6.45) is 0.923. The Morgan fingerprint density at radius 2 is 1.89 bits per heavy atom. The molecule has 0 aromatic heterocycles. The van der Waals surface area contributed by atoms with Crippen LogP contribution in [-0.4, -0.2) is 38.2 Å². The van der Waals surface area contributed by atoms with E-state index in [1.165, 1.54) is 12.1 Å². The molecule has 0 bridgehead atoms. The van der Waals surface area contributed by atoms with Gasteiger partial charge in [-0.05, 0) is 48.4 Å². The van der Waals surface area contributed by atoms with Gasteiger partial charge in [0.15, 0.2) is 0 Å². The molecule has 7 heteroatoms. The molecule has 1 aliphatic heterocycles. The fourth-order valence-electron chi connectivity index (χ4n) is 3.02. The first kappa shape index (κ1) is 18.7. The average Bonchev–Trinajstić information content (AvgIpc) is 3.03. The summed E-state index contributed by atoms with van der Waals surface area (Å²) in [5, 5.41) is 5.62. The van der Waals surface area contributed by atoms with Crippen LogP contribution in [0.1, 0.15) is 12.0 Å². The average molecular weight is 371 g/mol. The summed E-state index contributed by atoms with van der Waals surface area (Å²) in [6, 6.07) is 12.8. The number of carbonyl (C=O) groups excluding carboxylic acids is 2. The third-order valence-corrected chi connectivity index (χ3v) is 4.46. The van der Waals surface area contributed by atoms with Crippen LogP contribution < -0.4 is 20.3 Å². The van der Waals surface area contributed by atoms with E-state index in [0.717, 1.165) is 11.3 Å². The second-order valence-corrected chi connectivity index (χ2v) is 6.38. The maximum absolute atomic E-state index is 13.0. The monoisotopic (exact) mass is 371 g/mol. The number of halogens is 1. The lowest BCUT2D eigenvalue weighted by atomic mass is 10.1. The highest BCUT2D eigenvalue weighted by Gasteiger charge is 2.31. The number of hydrogen-bond donors (Lipinski definition) is 2. The Balaban J connectivity index is 1.44. The molecule has 1 atom stereocenters. The van der Waals surface area contributed by atoms with Crippen molar-refractivity contribution >= 4 is 17.6 Å². The Morgan fingerprint density at radius 1 is 1.19 bits per heavy atom. The van der Waals surface area contributed by atoms with Crippen molar-refractivity contribution in [2.75, 3.05) is 25.1 Å². The van der Waals surface area contributed by atoms with Crippen LogP contribution in [-0.2, 0) is 11.2 Å². The molecule has 142 valence electrons. The zero-order valence-electron chi connectivity index (χ0n) is 15.1. The predicted octanol–water partition coefficient (Wildman–Crippen LogP) is 2.48. The first-order chi connectivity index (χ1) is 13.0. The van der Waals surface area contributed by atoms with Crippen molar-refractivity contribution in [1.29, 1.82) is 0 Å². The van der Waals surface area contributed by atoms with E-state index in [-0.39, 0.29) is 30.2 Å². The number of carbonyl (C=O) groups is 2. The van der Waals surface area contributed by atoms with Gasteiger partial charge in [0.1, 0.15) is 11.6 Å². The van der Waals surface area contributed by atoms with E-state index < -0.39 is 0 Å². The standard InChI is InChI=1S/C20H22FN3O3/c1-27-18-8-2-14(3-9-18)10-11-22-20(26)23-16-12-19(25)24(13-16)17-6-4-15(21)5-7-17/h2-9,16H,10-13H2,1H3,(H2,22,23,26)/t16-/m1/s1. The van der Waals surface area contributed by atoms with Crippen molar-refractivity contribution < 1.29 is 18.7 Å². The fraction of sp³-hybridized carbons (Fsp3) is 0.300. The van der Waals surface area contributed by atoms with Crippen LogP contribution in [0.25, 0.3) is 0 Å². The van der Waals surface area contributed by atoms with Crippen LogP contribution in [0.4, 0.5) is 14.9 Å². The lowest BCUT2D eigenvalue weighted by molar-refractivity contribution is -0.117. The molecule has 3 amide bonds. The Morgan fingerprint density at radius 3 is 2.56 bits per heavy atom. The number of nitrogens with zero attached hydrogens (tertiary/aromatic N) is 1. The van der Waals surface area contributed by atoms with E-state index in [0.29, 0.717) is 25.2 Å². The normalized spacial score (nSPS) is 16.3. The third-order valence-electron chi connectivity index (χ3n) is 4.46. The van der Waals surface area contributed by atoms with Crippen LogP contribution >= 0.6 is 0 Å². The molecule has 0 aliphatic carbocycles. The lowest BCUT2D eigenvalue weighted by Gasteiger charge is -2.17. The van der Waals surface area contributed by atoms with Crippen LogP contribution in [0.3, 0.4) is 0 Å². The topological polar surface area (TPSA) is 70.7 Å². The smallest absolute Gasteiger partial charge is 0.315 e. The van der Waals surface area contributed by atoms with E-state index in [1.807, 2.05) is 24.3 Å². The molecule has 6 nitrogen and oxygen atoms in total. The van der Waals surface area contributed by atoms with Crippen molar-refractivity contribution in [3.8, 4) is 5.75 Å². The molecule has 0 radical (unpaired) electrons. The van der Waals surface area contributed by atoms with E-state index in [1.54, 1.807) is 24.1 Å². The van der Waals surface area contributed by atoms with Crippen LogP contribution in [0, 0.1) is 5.82 Å². The van der Waals surface area contributed by atoms with Gasteiger partial charge in [-0.3, -0.25) is 4.79 Å². The second-order valence-electron chi connectivity index (χ2n) is 6.38. The first-order valence-corrected chi connectivity index (χ1v) is 8.78. The summed E-state index contributed by atoms with van der Waals surface area (Å²) in [7, 11) is 1.62. The number of hydrogen-bond acceptors (Lipinski definition) is 3. The van der Waals surface area contributed by atoms with Gasteiger partial charge in [0.05, 0.1) is 13.2 Å². The molecule has 1 heterocycles. The first-order valence-electron chi connectivity index (χ1n) is 8.78. The number of nitrogens with one attached hydrogen (secondary N) is 2. The van der Waals surface area contributed by atoms with Gasteiger partial charge in [0.2, 0.25) is 5.91 Å². The number of methoxy groups -OCH3 is 1. The number of benzene rings is 2. The second kappa shape index (κ2) is 8.53. The molecular formula is C20H22FN3O3. The van der Waals surface area contributed by atoms with Crippen LogP contribution in [0.5, 0.6) is 5.75 Å². The minimum absolute atomic E-state index is 0.0925.